The normalized spacial score (nSPS) is 10.8. The highest BCUT2D eigenvalue weighted by Gasteiger charge is 2.18. The summed E-state index contributed by atoms with van der Waals surface area (Å²) >= 11 is 0. The van der Waals surface area contributed by atoms with Gasteiger partial charge in [-0.3, -0.25) is 5.43 Å². The number of hydrogen-bond donors (Lipinski definition) is 1. The number of carbonyl (C=O) groups excluding carboxylic acids is 1. The van der Waals surface area contributed by atoms with Crippen molar-refractivity contribution in [3.8, 4) is 0 Å². The Bertz CT molecular complexity index is 1380. The number of benzene rings is 5. The molecule has 0 radical (unpaired) electrons. The van der Waals surface area contributed by atoms with Crippen LogP contribution in [0.15, 0.2) is 115 Å². The van der Waals surface area contributed by atoms with Crippen molar-refractivity contribution in [2.75, 3.05) is 10.4 Å². The highest BCUT2D eigenvalue weighted by atomic mass is 16.6. The lowest BCUT2D eigenvalue weighted by molar-refractivity contribution is 0.148. The summed E-state index contributed by atoms with van der Waals surface area (Å²) in [5.41, 5.74) is 5.69. The van der Waals surface area contributed by atoms with Crippen molar-refractivity contribution in [1.82, 2.24) is 0 Å². The minimum Gasteiger partial charge on any atom is -0.443 e. The van der Waals surface area contributed by atoms with Crippen LogP contribution < -0.4 is 10.4 Å². The zero-order valence-corrected chi connectivity index (χ0v) is 17.4. The molecule has 156 valence electrons. The van der Waals surface area contributed by atoms with Crippen molar-refractivity contribution in [2.24, 2.45) is 0 Å². The monoisotopic (exact) mass is 418 g/mol. The van der Waals surface area contributed by atoms with E-state index in [9.17, 15) is 4.79 Å². The average molecular weight is 418 g/mol. The van der Waals surface area contributed by atoms with Crippen LogP contribution in [0, 0.1) is 0 Å². The van der Waals surface area contributed by atoms with Crippen molar-refractivity contribution < 1.29 is 9.53 Å². The molecule has 0 aliphatic carbocycles. The Balaban J connectivity index is 1.46. The fourth-order valence-electron chi connectivity index (χ4n) is 3.70. The van der Waals surface area contributed by atoms with Gasteiger partial charge in [-0.2, -0.15) is 5.01 Å². The Labute approximate surface area is 186 Å². The summed E-state index contributed by atoms with van der Waals surface area (Å²) in [5, 5.41) is 5.85. The number of anilines is 2. The number of nitrogens with zero attached hydrogens (tertiary/aromatic N) is 1. The van der Waals surface area contributed by atoms with Crippen LogP contribution in [0.5, 0.6) is 0 Å². The molecule has 4 nitrogen and oxygen atoms in total. The van der Waals surface area contributed by atoms with E-state index in [1.165, 1.54) is 5.01 Å². The predicted octanol–water partition coefficient (Wildman–Crippen LogP) is 7.16. The number of hydrogen-bond acceptors (Lipinski definition) is 3. The highest BCUT2D eigenvalue weighted by Crippen LogP contribution is 2.25. The van der Waals surface area contributed by atoms with Crippen LogP contribution in [-0.2, 0) is 11.3 Å². The molecule has 0 saturated heterocycles. The Kier molecular flexibility index (Phi) is 5.41. The number of hydrazine groups is 1. The summed E-state index contributed by atoms with van der Waals surface area (Å²) in [5.74, 6) is 0. The van der Waals surface area contributed by atoms with Gasteiger partial charge in [-0.05, 0) is 51.4 Å². The number of nitrogens with one attached hydrogen (secondary N) is 1. The first kappa shape index (κ1) is 19.6. The molecule has 0 bridgehead atoms. The van der Waals surface area contributed by atoms with Gasteiger partial charge in [0.2, 0.25) is 0 Å². The highest BCUT2D eigenvalue weighted by molar-refractivity contribution is 5.95. The summed E-state index contributed by atoms with van der Waals surface area (Å²) < 4.78 is 5.64. The van der Waals surface area contributed by atoms with Gasteiger partial charge in [0.1, 0.15) is 6.61 Å². The standard InChI is InChI=1S/C28H22N2O2/c31-28(32-20-21-8-2-1-3-9-21)30(27-17-15-23-11-5-7-13-25(23)19-27)29-26-16-14-22-10-4-6-12-24(22)18-26/h1-19,29H,20H2. The molecular formula is C28H22N2O2. The summed E-state index contributed by atoms with van der Waals surface area (Å²) in [7, 11) is 0. The van der Waals surface area contributed by atoms with E-state index in [2.05, 4.69) is 17.6 Å². The molecule has 5 rings (SSSR count). The molecule has 0 heterocycles. The zero-order valence-electron chi connectivity index (χ0n) is 17.4. The number of ether oxygens (including phenoxy) is 1. The molecule has 0 spiro atoms. The van der Waals surface area contributed by atoms with Crippen molar-refractivity contribution in [3.63, 3.8) is 0 Å². The third-order valence-electron chi connectivity index (χ3n) is 5.37. The number of fused-ring (bicyclic) bond motifs is 2. The first-order valence-electron chi connectivity index (χ1n) is 10.5. The maximum atomic E-state index is 13.2. The summed E-state index contributed by atoms with van der Waals surface area (Å²) in [4.78, 5) is 13.2. The predicted molar refractivity (Wildman–Crippen MR) is 131 cm³/mol. The molecular weight excluding hydrogens is 396 g/mol. The van der Waals surface area contributed by atoms with E-state index < -0.39 is 6.09 Å². The van der Waals surface area contributed by atoms with Gasteiger partial charge in [-0.25, -0.2) is 4.79 Å². The van der Waals surface area contributed by atoms with Gasteiger partial charge >= 0.3 is 6.09 Å². The lowest BCUT2D eigenvalue weighted by Gasteiger charge is -2.24. The van der Waals surface area contributed by atoms with Crippen LogP contribution in [0.2, 0.25) is 0 Å². The van der Waals surface area contributed by atoms with E-state index >= 15 is 0 Å². The largest absolute Gasteiger partial charge is 0.443 e. The van der Waals surface area contributed by atoms with Crippen LogP contribution in [0.3, 0.4) is 0 Å². The fraction of sp³-hybridized carbons (Fsp3) is 0.0357. The van der Waals surface area contributed by atoms with Gasteiger partial charge < -0.3 is 4.74 Å². The van der Waals surface area contributed by atoms with Crippen LogP contribution in [0.1, 0.15) is 5.56 Å². The smallest absolute Gasteiger partial charge is 0.433 e. The van der Waals surface area contributed by atoms with E-state index in [0.29, 0.717) is 5.69 Å². The molecule has 0 saturated carbocycles. The van der Waals surface area contributed by atoms with Gasteiger partial charge in [-0.1, -0.05) is 91.0 Å². The Morgan fingerprint density at radius 2 is 1.25 bits per heavy atom. The molecule has 5 aromatic rings. The van der Waals surface area contributed by atoms with Crippen molar-refractivity contribution >= 4 is 39.0 Å². The van der Waals surface area contributed by atoms with Gasteiger partial charge in [0.25, 0.3) is 0 Å². The molecule has 0 atom stereocenters. The molecule has 0 aromatic heterocycles. The van der Waals surface area contributed by atoms with E-state index in [4.69, 9.17) is 4.74 Å². The molecule has 32 heavy (non-hydrogen) atoms. The fourth-order valence-corrected chi connectivity index (χ4v) is 3.70. The Hall–Kier alpha value is -4.31. The van der Waals surface area contributed by atoms with Crippen molar-refractivity contribution in [3.05, 3.63) is 121 Å². The van der Waals surface area contributed by atoms with Crippen LogP contribution in [0.25, 0.3) is 21.5 Å². The lowest BCUT2D eigenvalue weighted by atomic mass is 10.1. The second kappa shape index (κ2) is 8.82. The minimum absolute atomic E-state index is 0.198. The SMILES string of the molecule is O=C(OCc1ccccc1)N(Nc1ccc2ccccc2c1)c1ccc2ccccc2c1. The first-order valence-corrected chi connectivity index (χ1v) is 10.5. The van der Waals surface area contributed by atoms with E-state index in [1.807, 2.05) is 103 Å². The molecule has 0 aliphatic rings. The molecule has 1 N–H and O–H groups in total. The Morgan fingerprint density at radius 3 is 1.97 bits per heavy atom. The molecule has 0 unspecified atom stereocenters. The van der Waals surface area contributed by atoms with Crippen molar-refractivity contribution in [1.29, 1.82) is 0 Å². The molecule has 1 amide bonds. The van der Waals surface area contributed by atoms with Gasteiger partial charge in [-0.15, -0.1) is 0 Å². The summed E-state index contributed by atoms with van der Waals surface area (Å²) in [6.07, 6.45) is -0.475. The third-order valence-corrected chi connectivity index (χ3v) is 5.37. The second-order valence-corrected chi connectivity index (χ2v) is 7.58. The molecule has 0 aliphatic heterocycles. The molecule has 0 fully saturated rings. The minimum atomic E-state index is -0.475. The molecule has 5 aromatic carbocycles. The van der Waals surface area contributed by atoms with Gasteiger partial charge in [0.05, 0.1) is 11.4 Å². The summed E-state index contributed by atoms with van der Waals surface area (Å²) in [6, 6.07) is 37.8. The maximum Gasteiger partial charge on any atom is 0.433 e. The van der Waals surface area contributed by atoms with Gasteiger partial charge in [0, 0.05) is 0 Å². The van der Waals surface area contributed by atoms with E-state index in [0.717, 1.165) is 32.8 Å². The van der Waals surface area contributed by atoms with E-state index in [1.54, 1.807) is 0 Å². The lowest BCUT2D eigenvalue weighted by Crippen LogP contribution is -2.36. The Morgan fingerprint density at radius 1 is 0.656 bits per heavy atom. The van der Waals surface area contributed by atoms with Crippen LogP contribution in [-0.4, -0.2) is 6.09 Å². The number of carbonyl (C=O) groups is 1. The number of amides is 1. The third kappa shape index (κ3) is 4.25. The van der Waals surface area contributed by atoms with Crippen molar-refractivity contribution in [2.45, 2.75) is 6.61 Å². The average Bonchev–Trinajstić information content (AvgIpc) is 2.86. The quantitative estimate of drug-likeness (QED) is 0.308. The van der Waals surface area contributed by atoms with Crippen LogP contribution in [0.4, 0.5) is 16.2 Å². The van der Waals surface area contributed by atoms with Gasteiger partial charge in [0.15, 0.2) is 0 Å². The topological polar surface area (TPSA) is 41.6 Å². The maximum absolute atomic E-state index is 13.2. The number of rotatable bonds is 5. The second-order valence-electron chi connectivity index (χ2n) is 7.58. The zero-order chi connectivity index (χ0) is 21.8. The molecule has 4 heteroatoms. The summed E-state index contributed by atoms with van der Waals surface area (Å²) in [6.45, 7) is 0.198. The van der Waals surface area contributed by atoms with E-state index in [-0.39, 0.29) is 6.61 Å². The first-order chi connectivity index (χ1) is 15.8. The van der Waals surface area contributed by atoms with Crippen LogP contribution >= 0.6 is 0 Å².